The molecule has 0 fully saturated rings. The van der Waals surface area contributed by atoms with Gasteiger partial charge in [0.15, 0.2) is 12.2 Å². The average Bonchev–Trinajstić information content (AvgIpc) is 2.70. The quantitative estimate of drug-likeness (QED) is 0.0222. The molecule has 0 amide bonds. The van der Waals surface area contributed by atoms with Crippen LogP contribution in [-0.2, 0) is 65.4 Å². The first-order valence-corrected chi connectivity index (χ1v) is 41.0. The maximum absolute atomic E-state index is 13.1. The van der Waals surface area contributed by atoms with Gasteiger partial charge in [0.2, 0.25) is 0 Å². The van der Waals surface area contributed by atoms with Gasteiger partial charge in [0, 0.05) is 25.7 Å². The lowest BCUT2D eigenvalue weighted by molar-refractivity contribution is -0.161. The highest BCUT2D eigenvalue weighted by atomic mass is 31.2. The third kappa shape index (κ3) is 66.7. The summed E-state index contributed by atoms with van der Waals surface area (Å²) >= 11 is 0. The van der Waals surface area contributed by atoms with Crippen molar-refractivity contribution in [1.29, 1.82) is 0 Å². The standard InChI is InChI=1S/C73H142O17P2/c1-7-9-11-13-15-17-23-31-37-43-49-55-70(75)83-61-68(89-72(77)57-51-45-39-33-24-18-16-14-12-10-8-2)63-87-91(79,80)85-59-67(74)60-86-92(81,82)88-64-69(90-73(78)58-52-46-40-34-28-22-20-26-30-36-42-48-54-66(5)6)62-84-71(76)56-50-44-38-32-27-21-19-25-29-35-41-47-53-65(3)4/h65-69,74H,7-64H2,1-6H3,(H,79,80)(H,81,82)/t67-,68+,69+/m0/s1. The lowest BCUT2D eigenvalue weighted by atomic mass is 10.0. The van der Waals surface area contributed by atoms with Crippen LogP contribution in [0.25, 0.3) is 0 Å². The van der Waals surface area contributed by atoms with Gasteiger partial charge in [-0.25, -0.2) is 9.13 Å². The van der Waals surface area contributed by atoms with Crippen LogP contribution in [0.15, 0.2) is 0 Å². The number of aliphatic hydroxyl groups is 1. The van der Waals surface area contributed by atoms with Crippen LogP contribution in [0, 0.1) is 11.8 Å². The van der Waals surface area contributed by atoms with Gasteiger partial charge in [0.05, 0.1) is 26.4 Å². The van der Waals surface area contributed by atoms with Gasteiger partial charge in [-0.05, 0) is 37.5 Å². The van der Waals surface area contributed by atoms with Crippen LogP contribution in [0.5, 0.6) is 0 Å². The Bertz CT molecular complexity index is 1790. The monoisotopic (exact) mass is 1350 g/mol. The molecule has 0 aliphatic heterocycles. The number of carbonyl (C=O) groups is 4. The molecule has 0 radical (unpaired) electrons. The molecule has 5 atom stereocenters. The molecule has 0 aromatic rings. The van der Waals surface area contributed by atoms with Gasteiger partial charge in [-0.2, -0.15) is 0 Å². The SMILES string of the molecule is CCCCCCCCCCCCCC(=O)OC[C@H](COP(=O)(O)OC[C@H](O)COP(=O)(O)OC[C@@H](COC(=O)CCCCCCCCCCCCCCC(C)C)OC(=O)CCCCCCCCCCCCCCC(C)C)OC(=O)CCCCCCCCCCCCC. The van der Waals surface area contributed by atoms with Crippen molar-refractivity contribution in [3.63, 3.8) is 0 Å². The molecular formula is C73H142O17P2. The van der Waals surface area contributed by atoms with Crippen LogP contribution < -0.4 is 0 Å². The van der Waals surface area contributed by atoms with E-state index in [2.05, 4.69) is 41.5 Å². The molecule has 0 rings (SSSR count). The topological polar surface area (TPSA) is 237 Å². The number of ether oxygens (including phenoxy) is 4. The van der Waals surface area contributed by atoms with E-state index in [-0.39, 0.29) is 25.7 Å². The molecule has 0 saturated carbocycles. The van der Waals surface area contributed by atoms with Gasteiger partial charge in [0.25, 0.3) is 0 Å². The highest BCUT2D eigenvalue weighted by Crippen LogP contribution is 2.45. The summed E-state index contributed by atoms with van der Waals surface area (Å²) in [5.41, 5.74) is 0. The van der Waals surface area contributed by atoms with E-state index in [4.69, 9.17) is 37.0 Å². The molecule has 0 aliphatic rings. The minimum absolute atomic E-state index is 0.107. The summed E-state index contributed by atoms with van der Waals surface area (Å²) in [6, 6.07) is 0. The van der Waals surface area contributed by atoms with Crippen LogP contribution in [-0.4, -0.2) is 96.7 Å². The molecule has 546 valence electrons. The molecule has 0 saturated heterocycles. The minimum atomic E-state index is -4.95. The summed E-state index contributed by atoms with van der Waals surface area (Å²) in [5.74, 6) is -0.559. The van der Waals surface area contributed by atoms with Crippen molar-refractivity contribution in [2.45, 2.75) is 394 Å². The normalized spacial score (nSPS) is 14.1. The molecule has 0 spiro atoms. The Labute approximate surface area is 562 Å². The van der Waals surface area contributed by atoms with Crippen LogP contribution in [0.3, 0.4) is 0 Å². The van der Waals surface area contributed by atoms with E-state index in [1.807, 2.05) is 0 Å². The molecular weight excluding hydrogens is 1210 g/mol. The number of carbonyl (C=O) groups excluding carboxylic acids is 4. The number of hydrogen-bond acceptors (Lipinski definition) is 15. The van der Waals surface area contributed by atoms with Gasteiger partial charge < -0.3 is 33.8 Å². The summed E-state index contributed by atoms with van der Waals surface area (Å²) in [7, 11) is -9.90. The zero-order valence-corrected chi connectivity index (χ0v) is 61.6. The van der Waals surface area contributed by atoms with Crippen LogP contribution in [0.1, 0.15) is 375 Å². The number of phosphoric ester groups is 2. The first kappa shape index (κ1) is 90.1. The molecule has 92 heavy (non-hydrogen) atoms. The van der Waals surface area contributed by atoms with E-state index in [0.29, 0.717) is 25.7 Å². The molecule has 3 N–H and O–H groups in total. The third-order valence-corrected chi connectivity index (χ3v) is 18.9. The van der Waals surface area contributed by atoms with Gasteiger partial charge in [-0.3, -0.25) is 37.3 Å². The van der Waals surface area contributed by atoms with Crippen molar-refractivity contribution in [2.24, 2.45) is 11.8 Å². The third-order valence-electron chi connectivity index (χ3n) is 17.0. The Balaban J connectivity index is 5.25. The summed E-state index contributed by atoms with van der Waals surface area (Å²) in [4.78, 5) is 72.7. The Morgan fingerprint density at radius 3 is 0.739 bits per heavy atom. The van der Waals surface area contributed by atoms with Gasteiger partial charge >= 0.3 is 39.5 Å². The van der Waals surface area contributed by atoms with Crippen LogP contribution in [0.4, 0.5) is 0 Å². The summed E-state index contributed by atoms with van der Waals surface area (Å²) in [6.07, 6.45) is 51.1. The summed E-state index contributed by atoms with van der Waals surface area (Å²) in [6.45, 7) is 9.59. The zero-order valence-electron chi connectivity index (χ0n) is 59.9. The van der Waals surface area contributed by atoms with Crippen molar-refractivity contribution in [2.75, 3.05) is 39.6 Å². The Morgan fingerprint density at radius 2 is 0.500 bits per heavy atom. The largest absolute Gasteiger partial charge is 0.472 e. The Morgan fingerprint density at radius 1 is 0.293 bits per heavy atom. The minimum Gasteiger partial charge on any atom is -0.462 e. The number of unbranched alkanes of at least 4 members (excludes halogenated alkanes) is 42. The van der Waals surface area contributed by atoms with Crippen molar-refractivity contribution in [1.82, 2.24) is 0 Å². The lowest BCUT2D eigenvalue weighted by Gasteiger charge is -2.21. The highest BCUT2D eigenvalue weighted by molar-refractivity contribution is 7.47. The average molecular weight is 1350 g/mol. The summed E-state index contributed by atoms with van der Waals surface area (Å²) < 4.78 is 68.4. The maximum Gasteiger partial charge on any atom is 0.472 e. The van der Waals surface area contributed by atoms with E-state index in [1.54, 1.807) is 0 Å². The fraction of sp³-hybridized carbons (Fsp3) is 0.945. The number of hydrogen-bond donors (Lipinski definition) is 3. The fourth-order valence-electron chi connectivity index (χ4n) is 11.1. The number of esters is 4. The van der Waals surface area contributed by atoms with E-state index >= 15 is 0 Å². The predicted octanol–water partition coefficient (Wildman–Crippen LogP) is 21.2. The van der Waals surface area contributed by atoms with E-state index in [9.17, 15) is 43.2 Å². The van der Waals surface area contributed by atoms with E-state index in [1.165, 1.54) is 193 Å². The molecule has 17 nitrogen and oxygen atoms in total. The van der Waals surface area contributed by atoms with Gasteiger partial charge in [-0.15, -0.1) is 0 Å². The lowest BCUT2D eigenvalue weighted by Crippen LogP contribution is -2.30. The Kier molecular flexibility index (Phi) is 63.7. The fourth-order valence-corrected chi connectivity index (χ4v) is 12.7. The summed E-state index contributed by atoms with van der Waals surface area (Å²) in [5, 5.41) is 10.6. The molecule has 0 heterocycles. The van der Waals surface area contributed by atoms with E-state index in [0.717, 1.165) is 102 Å². The number of phosphoric acid groups is 2. The number of aliphatic hydroxyl groups excluding tert-OH is 1. The first-order valence-electron chi connectivity index (χ1n) is 38.0. The van der Waals surface area contributed by atoms with Crippen molar-refractivity contribution >= 4 is 39.5 Å². The van der Waals surface area contributed by atoms with Gasteiger partial charge in [0.1, 0.15) is 19.3 Å². The second kappa shape index (κ2) is 65.0. The predicted molar refractivity (Wildman–Crippen MR) is 372 cm³/mol. The highest BCUT2D eigenvalue weighted by Gasteiger charge is 2.30. The maximum atomic E-state index is 13.1. The van der Waals surface area contributed by atoms with Crippen molar-refractivity contribution < 1.29 is 80.2 Å². The van der Waals surface area contributed by atoms with Crippen molar-refractivity contribution in [3.8, 4) is 0 Å². The van der Waals surface area contributed by atoms with Gasteiger partial charge in [-0.1, -0.05) is 324 Å². The Hall–Kier alpha value is -1.94. The first-order chi connectivity index (χ1) is 44.4. The smallest absolute Gasteiger partial charge is 0.462 e. The van der Waals surface area contributed by atoms with Crippen LogP contribution in [0.2, 0.25) is 0 Å². The molecule has 2 unspecified atom stereocenters. The molecule has 0 aliphatic carbocycles. The zero-order chi connectivity index (χ0) is 67.9. The second-order valence-corrected chi connectivity index (χ2v) is 30.2. The molecule has 0 aromatic carbocycles. The van der Waals surface area contributed by atoms with Crippen LogP contribution >= 0.6 is 15.6 Å². The van der Waals surface area contributed by atoms with E-state index < -0.39 is 97.5 Å². The molecule has 0 bridgehead atoms. The number of rotatable bonds is 72. The second-order valence-electron chi connectivity index (χ2n) is 27.3. The molecule has 19 heteroatoms. The van der Waals surface area contributed by atoms with Crippen molar-refractivity contribution in [3.05, 3.63) is 0 Å². The molecule has 0 aromatic heterocycles.